The van der Waals surface area contributed by atoms with Gasteiger partial charge in [-0.2, -0.15) is 0 Å². The molecule has 3 aromatic rings. The van der Waals surface area contributed by atoms with E-state index in [1.807, 2.05) is 48.5 Å². The van der Waals surface area contributed by atoms with Gasteiger partial charge in [0.15, 0.2) is 0 Å². The summed E-state index contributed by atoms with van der Waals surface area (Å²) in [5.41, 5.74) is 3.50. The van der Waals surface area contributed by atoms with Crippen molar-refractivity contribution < 1.29 is 4.79 Å². The van der Waals surface area contributed by atoms with Crippen molar-refractivity contribution in [3.05, 3.63) is 82.6 Å². The van der Waals surface area contributed by atoms with Gasteiger partial charge in [-0.25, -0.2) is 9.97 Å². The fourth-order valence-corrected chi connectivity index (χ4v) is 2.78. The Bertz CT molecular complexity index is 895. The van der Waals surface area contributed by atoms with Crippen molar-refractivity contribution >= 4 is 29.1 Å². The lowest BCUT2D eigenvalue weighted by Gasteiger charge is -2.10. The van der Waals surface area contributed by atoms with Gasteiger partial charge in [0.25, 0.3) is 5.91 Å². The molecule has 6 heteroatoms. The SMILES string of the molecule is CCc1ccccc1NC(=O)c1cnc(NCCc2ccc(Cl)cc2)nc1. The number of carbonyl (C=O) groups is 1. The average Bonchev–Trinajstić information content (AvgIpc) is 2.70. The van der Waals surface area contributed by atoms with Gasteiger partial charge in [-0.3, -0.25) is 4.79 Å². The highest BCUT2D eigenvalue weighted by molar-refractivity contribution is 6.30. The highest BCUT2D eigenvalue weighted by Crippen LogP contribution is 2.16. The predicted octanol–water partition coefficient (Wildman–Crippen LogP) is 4.60. The Labute approximate surface area is 163 Å². The number of benzene rings is 2. The molecule has 0 spiro atoms. The topological polar surface area (TPSA) is 66.9 Å². The van der Waals surface area contributed by atoms with Crippen LogP contribution >= 0.6 is 11.6 Å². The lowest BCUT2D eigenvalue weighted by molar-refractivity contribution is 0.102. The lowest BCUT2D eigenvalue weighted by atomic mass is 10.1. The lowest BCUT2D eigenvalue weighted by Crippen LogP contribution is -2.15. The number of amides is 1. The molecule has 1 amide bonds. The second-order valence-electron chi connectivity index (χ2n) is 6.06. The molecule has 0 radical (unpaired) electrons. The minimum Gasteiger partial charge on any atom is -0.354 e. The van der Waals surface area contributed by atoms with Crippen LogP contribution in [0.4, 0.5) is 11.6 Å². The molecule has 0 bridgehead atoms. The van der Waals surface area contributed by atoms with Crippen molar-refractivity contribution in [2.75, 3.05) is 17.2 Å². The Balaban J connectivity index is 1.54. The molecule has 2 aromatic carbocycles. The number of para-hydroxylation sites is 1. The zero-order valence-corrected chi connectivity index (χ0v) is 15.8. The van der Waals surface area contributed by atoms with Gasteiger partial charge in [0.2, 0.25) is 5.95 Å². The third-order valence-corrected chi connectivity index (χ3v) is 4.42. The molecule has 5 nitrogen and oxygen atoms in total. The number of halogens is 1. The van der Waals surface area contributed by atoms with Gasteiger partial charge in [-0.1, -0.05) is 48.9 Å². The van der Waals surface area contributed by atoms with Crippen LogP contribution in [0.5, 0.6) is 0 Å². The van der Waals surface area contributed by atoms with Gasteiger partial charge in [0.1, 0.15) is 0 Å². The first-order valence-electron chi connectivity index (χ1n) is 8.85. The number of anilines is 2. The molecule has 0 aliphatic carbocycles. The van der Waals surface area contributed by atoms with E-state index in [9.17, 15) is 4.79 Å². The number of aromatic nitrogens is 2. The summed E-state index contributed by atoms with van der Waals surface area (Å²) in [5, 5.41) is 6.80. The van der Waals surface area contributed by atoms with Gasteiger partial charge in [-0.05, 0) is 42.2 Å². The van der Waals surface area contributed by atoms with Gasteiger partial charge >= 0.3 is 0 Å². The third-order valence-electron chi connectivity index (χ3n) is 4.17. The maximum absolute atomic E-state index is 12.4. The maximum atomic E-state index is 12.4. The molecule has 0 fully saturated rings. The van der Waals surface area contributed by atoms with E-state index in [2.05, 4.69) is 27.5 Å². The van der Waals surface area contributed by atoms with Crippen LogP contribution in [0, 0.1) is 0 Å². The summed E-state index contributed by atoms with van der Waals surface area (Å²) in [6.07, 6.45) is 4.74. The van der Waals surface area contributed by atoms with Gasteiger partial charge in [0, 0.05) is 29.6 Å². The van der Waals surface area contributed by atoms with Gasteiger partial charge < -0.3 is 10.6 Å². The van der Waals surface area contributed by atoms with E-state index in [0.717, 1.165) is 29.1 Å². The summed E-state index contributed by atoms with van der Waals surface area (Å²) in [6.45, 7) is 2.75. The van der Waals surface area contributed by atoms with Crippen LogP contribution in [0.3, 0.4) is 0 Å². The van der Waals surface area contributed by atoms with Crippen molar-refractivity contribution in [2.45, 2.75) is 19.8 Å². The number of hydrogen-bond donors (Lipinski definition) is 2. The molecule has 0 atom stereocenters. The molecule has 0 aliphatic heterocycles. The van der Waals surface area contributed by atoms with Crippen LogP contribution in [-0.4, -0.2) is 22.4 Å². The van der Waals surface area contributed by atoms with E-state index < -0.39 is 0 Å². The number of carbonyl (C=O) groups excluding carboxylic acids is 1. The second kappa shape index (κ2) is 9.14. The molecular formula is C21H21ClN4O. The van der Waals surface area contributed by atoms with E-state index in [-0.39, 0.29) is 5.91 Å². The number of nitrogens with one attached hydrogen (secondary N) is 2. The fraction of sp³-hybridized carbons (Fsp3) is 0.190. The van der Waals surface area contributed by atoms with E-state index >= 15 is 0 Å². The molecule has 3 rings (SSSR count). The monoisotopic (exact) mass is 380 g/mol. The minimum atomic E-state index is -0.219. The highest BCUT2D eigenvalue weighted by Gasteiger charge is 2.09. The van der Waals surface area contributed by atoms with E-state index in [0.29, 0.717) is 18.1 Å². The van der Waals surface area contributed by atoms with E-state index in [1.54, 1.807) is 0 Å². The van der Waals surface area contributed by atoms with Crippen LogP contribution in [0.15, 0.2) is 60.9 Å². The minimum absolute atomic E-state index is 0.219. The Kier molecular flexibility index (Phi) is 6.39. The van der Waals surface area contributed by atoms with E-state index in [1.165, 1.54) is 18.0 Å². The fourth-order valence-electron chi connectivity index (χ4n) is 2.65. The Morgan fingerprint density at radius 3 is 2.44 bits per heavy atom. The zero-order chi connectivity index (χ0) is 19.1. The molecular weight excluding hydrogens is 360 g/mol. The Morgan fingerprint density at radius 1 is 1.04 bits per heavy atom. The van der Waals surface area contributed by atoms with Crippen LogP contribution in [-0.2, 0) is 12.8 Å². The quantitative estimate of drug-likeness (QED) is 0.628. The van der Waals surface area contributed by atoms with E-state index in [4.69, 9.17) is 11.6 Å². The van der Waals surface area contributed by atoms with Crippen molar-refractivity contribution in [3.63, 3.8) is 0 Å². The predicted molar refractivity (Wildman–Crippen MR) is 109 cm³/mol. The molecule has 138 valence electrons. The van der Waals surface area contributed by atoms with Crippen molar-refractivity contribution in [3.8, 4) is 0 Å². The van der Waals surface area contributed by atoms with Gasteiger partial charge in [0.05, 0.1) is 5.56 Å². The molecule has 0 unspecified atom stereocenters. The summed E-state index contributed by atoms with van der Waals surface area (Å²) >= 11 is 5.88. The zero-order valence-electron chi connectivity index (χ0n) is 15.1. The number of rotatable bonds is 7. The van der Waals surface area contributed by atoms with Crippen LogP contribution in [0.25, 0.3) is 0 Å². The van der Waals surface area contributed by atoms with Crippen LogP contribution < -0.4 is 10.6 Å². The first kappa shape index (κ1) is 18.9. The van der Waals surface area contributed by atoms with Crippen LogP contribution in [0.2, 0.25) is 5.02 Å². The first-order chi connectivity index (χ1) is 13.2. The molecule has 1 aromatic heterocycles. The molecule has 27 heavy (non-hydrogen) atoms. The average molecular weight is 381 g/mol. The molecule has 1 heterocycles. The Hall–Kier alpha value is -2.92. The second-order valence-corrected chi connectivity index (χ2v) is 6.50. The third kappa shape index (κ3) is 5.28. The Morgan fingerprint density at radius 2 is 1.74 bits per heavy atom. The standard InChI is InChI=1S/C21H21ClN4O/c1-2-16-5-3-4-6-19(16)26-20(27)17-13-24-21(25-14-17)23-12-11-15-7-9-18(22)10-8-15/h3-10,13-14H,2,11-12H2,1H3,(H,26,27)(H,23,24,25). The number of nitrogens with zero attached hydrogens (tertiary/aromatic N) is 2. The summed E-state index contributed by atoms with van der Waals surface area (Å²) in [6, 6.07) is 15.5. The van der Waals surface area contributed by atoms with Crippen LogP contribution in [0.1, 0.15) is 28.4 Å². The first-order valence-corrected chi connectivity index (χ1v) is 9.23. The summed E-state index contributed by atoms with van der Waals surface area (Å²) in [7, 11) is 0. The van der Waals surface area contributed by atoms with Crippen molar-refractivity contribution in [1.29, 1.82) is 0 Å². The summed E-state index contributed by atoms with van der Waals surface area (Å²) in [4.78, 5) is 20.8. The largest absolute Gasteiger partial charge is 0.354 e. The molecule has 2 N–H and O–H groups in total. The van der Waals surface area contributed by atoms with Gasteiger partial charge in [-0.15, -0.1) is 0 Å². The highest BCUT2D eigenvalue weighted by atomic mass is 35.5. The normalized spacial score (nSPS) is 10.4. The maximum Gasteiger partial charge on any atom is 0.258 e. The molecule has 0 saturated carbocycles. The molecule has 0 saturated heterocycles. The summed E-state index contributed by atoms with van der Waals surface area (Å²) in [5.74, 6) is 0.276. The number of aryl methyl sites for hydroxylation is 1. The molecule has 0 aliphatic rings. The summed E-state index contributed by atoms with van der Waals surface area (Å²) < 4.78 is 0. The smallest absolute Gasteiger partial charge is 0.258 e. The van der Waals surface area contributed by atoms with Crippen molar-refractivity contribution in [1.82, 2.24) is 9.97 Å². The number of hydrogen-bond acceptors (Lipinski definition) is 4. The van der Waals surface area contributed by atoms with Crippen molar-refractivity contribution in [2.24, 2.45) is 0 Å².